The first-order valence-corrected chi connectivity index (χ1v) is 8.33. The van der Waals surface area contributed by atoms with E-state index in [9.17, 15) is 14.7 Å². The smallest absolute Gasteiger partial charge is 0.309 e. The number of piperidine rings is 1. The molecule has 6 heteroatoms. The van der Waals surface area contributed by atoms with Gasteiger partial charge in [0.1, 0.15) is 6.61 Å². The van der Waals surface area contributed by atoms with Gasteiger partial charge in [-0.3, -0.25) is 9.59 Å². The van der Waals surface area contributed by atoms with Gasteiger partial charge in [-0.1, -0.05) is 13.3 Å². The molecule has 0 aromatic carbocycles. The zero-order valence-electron chi connectivity index (χ0n) is 13.3. The average molecular weight is 313 g/mol. The summed E-state index contributed by atoms with van der Waals surface area (Å²) in [5.41, 5.74) is 0. The molecule has 0 aliphatic carbocycles. The minimum atomic E-state index is -0.759. The molecular weight excluding hydrogens is 286 g/mol. The molecule has 1 unspecified atom stereocenters. The van der Waals surface area contributed by atoms with Crippen molar-refractivity contribution >= 4 is 11.9 Å². The highest BCUT2D eigenvalue weighted by atomic mass is 16.5. The second kappa shape index (κ2) is 8.48. The molecule has 126 valence electrons. The lowest BCUT2D eigenvalue weighted by Gasteiger charge is -2.35. The van der Waals surface area contributed by atoms with Crippen LogP contribution in [-0.2, 0) is 19.1 Å². The van der Waals surface area contributed by atoms with Gasteiger partial charge in [0.05, 0.1) is 12.0 Å². The Balaban J connectivity index is 1.73. The Kier molecular flexibility index (Phi) is 6.64. The van der Waals surface area contributed by atoms with Gasteiger partial charge in [0, 0.05) is 26.3 Å². The lowest BCUT2D eigenvalue weighted by atomic mass is 9.84. The third kappa shape index (κ3) is 4.43. The van der Waals surface area contributed by atoms with Crippen LogP contribution in [0.5, 0.6) is 0 Å². The Morgan fingerprint density at radius 2 is 2.00 bits per heavy atom. The van der Waals surface area contributed by atoms with Crippen molar-refractivity contribution in [1.82, 2.24) is 4.90 Å². The highest BCUT2D eigenvalue weighted by molar-refractivity contribution is 5.77. The van der Waals surface area contributed by atoms with Crippen LogP contribution in [-0.4, -0.2) is 60.9 Å². The number of amides is 1. The van der Waals surface area contributed by atoms with Crippen LogP contribution in [0.15, 0.2) is 0 Å². The van der Waals surface area contributed by atoms with Crippen molar-refractivity contribution in [2.75, 3.05) is 32.9 Å². The maximum atomic E-state index is 12.0. The van der Waals surface area contributed by atoms with Crippen LogP contribution in [0.25, 0.3) is 0 Å². The number of hydrogen-bond donors (Lipinski definition) is 1. The van der Waals surface area contributed by atoms with Crippen molar-refractivity contribution < 1.29 is 24.2 Å². The van der Waals surface area contributed by atoms with Gasteiger partial charge in [0.25, 0.3) is 0 Å². The van der Waals surface area contributed by atoms with Crippen molar-refractivity contribution in [3.63, 3.8) is 0 Å². The molecule has 2 saturated heterocycles. The SMILES string of the molecule is CCCCOCC(=O)N1CCC([C@@H]2OCCC2C(=O)O)CC1. The monoisotopic (exact) mass is 313 g/mol. The molecule has 0 bridgehead atoms. The number of carbonyl (C=O) groups is 2. The zero-order valence-corrected chi connectivity index (χ0v) is 13.3. The van der Waals surface area contributed by atoms with E-state index >= 15 is 0 Å². The molecule has 0 spiro atoms. The van der Waals surface area contributed by atoms with E-state index in [1.165, 1.54) is 0 Å². The van der Waals surface area contributed by atoms with Crippen LogP contribution >= 0.6 is 0 Å². The molecule has 2 heterocycles. The van der Waals surface area contributed by atoms with E-state index in [1.54, 1.807) is 0 Å². The number of carbonyl (C=O) groups excluding carboxylic acids is 1. The van der Waals surface area contributed by atoms with Gasteiger partial charge < -0.3 is 19.5 Å². The molecule has 1 amide bonds. The minimum Gasteiger partial charge on any atom is -0.481 e. The van der Waals surface area contributed by atoms with E-state index in [0.29, 0.717) is 32.7 Å². The molecule has 2 fully saturated rings. The van der Waals surface area contributed by atoms with Crippen LogP contribution in [0, 0.1) is 11.8 Å². The number of unbranched alkanes of at least 4 members (excludes halogenated alkanes) is 1. The summed E-state index contributed by atoms with van der Waals surface area (Å²) in [6.45, 7) is 4.76. The number of carboxylic acid groups (broad SMARTS) is 1. The first-order chi connectivity index (χ1) is 10.6. The van der Waals surface area contributed by atoms with Gasteiger partial charge >= 0.3 is 5.97 Å². The molecule has 2 aliphatic rings. The molecule has 6 nitrogen and oxygen atoms in total. The normalized spacial score (nSPS) is 26.3. The molecular formula is C16H27NO5. The standard InChI is InChI=1S/C16H27NO5/c1-2-3-9-21-11-14(18)17-7-4-12(5-8-17)15-13(16(19)20)6-10-22-15/h12-13,15H,2-11H2,1H3,(H,19,20)/t13?,15-/m0/s1. The molecule has 0 saturated carbocycles. The fraction of sp³-hybridized carbons (Fsp3) is 0.875. The topological polar surface area (TPSA) is 76.1 Å². The Labute approximate surface area is 131 Å². The quantitative estimate of drug-likeness (QED) is 0.721. The van der Waals surface area contributed by atoms with Crippen LogP contribution in [0.4, 0.5) is 0 Å². The Morgan fingerprint density at radius 3 is 2.64 bits per heavy atom. The average Bonchev–Trinajstić information content (AvgIpc) is 3.01. The molecule has 2 aliphatic heterocycles. The maximum Gasteiger partial charge on any atom is 0.309 e. The van der Waals surface area contributed by atoms with Crippen LogP contribution in [0.3, 0.4) is 0 Å². The summed E-state index contributed by atoms with van der Waals surface area (Å²) in [7, 11) is 0. The molecule has 2 atom stereocenters. The number of carboxylic acids is 1. The Hall–Kier alpha value is -1.14. The van der Waals surface area contributed by atoms with E-state index in [4.69, 9.17) is 9.47 Å². The van der Waals surface area contributed by atoms with Crippen molar-refractivity contribution in [3.05, 3.63) is 0 Å². The van der Waals surface area contributed by atoms with Crippen molar-refractivity contribution in [3.8, 4) is 0 Å². The lowest BCUT2D eigenvalue weighted by Crippen LogP contribution is -2.44. The lowest BCUT2D eigenvalue weighted by molar-refractivity contribution is -0.146. The summed E-state index contributed by atoms with van der Waals surface area (Å²) in [6.07, 6.45) is 4.08. The number of rotatable bonds is 7. The Morgan fingerprint density at radius 1 is 1.27 bits per heavy atom. The van der Waals surface area contributed by atoms with E-state index < -0.39 is 5.97 Å². The van der Waals surface area contributed by atoms with Gasteiger partial charge in [0.15, 0.2) is 0 Å². The van der Waals surface area contributed by atoms with E-state index in [2.05, 4.69) is 6.92 Å². The number of hydrogen-bond acceptors (Lipinski definition) is 4. The predicted molar refractivity (Wildman–Crippen MR) is 80.5 cm³/mol. The van der Waals surface area contributed by atoms with Crippen molar-refractivity contribution in [2.24, 2.45) is 11.8 Å². The van der Waals surface area contributed by atoms with Crippen LogP contribution < -0.4 is 0 Å². The largest absolute Gasteiger partial charge is 0.481 e. The van der Waals surface area contributed by atoms with Gasteiger partial charge in [-0.25, -0.2) is 0 Å². The first-order valence-electron chi connectivity index (χ1n) is 8.33. The van der Waals surface area contributed by atoms with Gasteiger partial charge in [0.2, 0.25) is 5.91 Å². The number of ether oxygens (including phenoxy) is 2. The third-order valence-electron chi connectivity index (χ3n) is 4.68. The zero-order chi connectivity index (χ0) is 15.9. The molecule has 1 N–H and O–H groups in total. The van der Waals surface area contributed by atoms with E-state index in [0.717, 1.165) is 25.7 Å². The van der Waals surface area contributed by atoms with Crippen molar-refractivity contribution in [1.29, 1.82) is 0 Å². The highest BCUT2D eigenvalue weighted by Gasteiger charge is 2.40. The van der Waals surface area contributed by atoms with Gasteiger partial charge in [-0.15, -0.1) is 0 Å². The Bertz CT molecular complexity index is 379. The van der Waals surface area contributed by atoms with E-state index in [-0.39, 0.29) is 30.5 Å². The summed E-state index contributed by atoms with van der Waals surface area (Å²) in [4.78, 5) is 25.1. The maximum absolute atomic E-state index is 12.0. The number of aliphatic carboxylic acids is 1. The van der Waals surface area contributed by atoms with E-state index in [1.807, 2.05) is 4.90 Å². The summed E-state index contributed by atoms with van der Waals surface area (Å²) in [6, 6.07) is 0. The number of nitrogens with zero attached hydrogens (tertiary/aromatic N) is 1. The summed E-state index contributed by atoms with van der Waals surface area (Å²) >= 11 is 0. The first kappa shape index (κ1) is 17.2. The number of likely N-dealkylation sites (tertiary alicyclic amines) is 1. The van der Waals surface area contributed by atoms with Gasteiger partial charge in [-0.05, 0) is 31.6 Å². The highest BCUT2D eigenvalue weighted by Crippen LogP contribution is 2.33. The second-order valence-corrected chi connectivity index (χ2v) is 6.19. The third-order valence-corrected chi connectivity index (χ3v) is 4.68. The predicted octanol–water partition coefficient (Wildman–Crippen LogP) is 1.53. The van der Waals surface area contributed by atoms with Crippen molar-refractivity contribution in [2.45, 2.75) is 45.1 Å². The molecule has 0 radical (unpaired) electrons. The minimum absolute atomic E-state index is 0.0386. The van der Waals surface area contributed by atoms with Crippen LogP contribution in [0.1, 0.15) is 39.0 Å². The fourth-order valence-corrected chi connectivity index (χ4v) is 3.31. The summed E-state index contributed by atoms with van der Waals surface area (Å²) in [5, 5.41) is 9.23. The molecule has 2 rings (SSSR count). The molecule has 22 heavy (non-hydrogen) atoms. The second-order valence-electron chi connectivity index (χ2n) is 6.19. The van der Waals surface area contributed by atoms with Crippen LogP contribution in [0.2, 0.25) is 0 Å². The summed E-state index contributed by atoms with van der Waals surface area (Å²) < 4.78 is 11.0. The summed E-state index contributed by atoms with van der Waals surface area (Å²) in [5.74, 6) is -0.861. The van der Waals surface area contributed by atoms with Gasteiger partial charge in [-0.2, -0.15) is 0 Å². The fourth-order valence-electron chi connectivity index (χ4n) is 3.31. The molecule has 0 aromatic rings. The molecule has 0 aromatic heterocycles.